The van der Waals surface area contributed by atoms with Gasteiger partial charge < -0.3 is 16.0 Å². The van der Waals surface area contributed by atoms with Crippen molar-refractivity contribution in [3.8, 4) is 0 Å². The van der Waals surface area contributed by atoms with Crippen LogP contribution in [0.4, 0.5) is 0 Å². The van der Waals surface area contributed by atoms with Crippen molar-refractivity contribution in [2.45, 2.75) is 25.7 Å². The maximum atomic E-state index is 5.48. The van der Waals surface area contributed by atoms with Gasteiger partial charge in [-0.1, -0.05) is 25.1 Å². The summed E-state index contributed by atoms with van der Waals surface area (Å²) in [4.78, 5) is 3.36. The van der Waals surface area contributed by atoms with Gasteiger partial charge >= 0.3 is 0 Å². The molecule has 1 heterocycles. The lowest BCUT2D eigenvalue weighted by atomic mass is 9.93. The zero-order valence-corrected chi connectivity index (χ0v) is 11.1. The third kappa shape index (κ3) is 2.92. The van der Waals surface area contributed by atoms with Crippen molar-refractivity contribution < 1.29 is 0 Å². The highest BCUT2D eigenvalue weighted by Crippen LogP contribution is 2.29. The van der Waals surface area contributed by atoms with Crippen molar-refractivity contribution in [2.75, 3.05) is 19.6 Å². The lowest BCUT2D eigenvalue weighted by Gasteiger charge is -2.14. The van der Waals surface area contributed by atoms with E-state index in [-0.39, 0.29) is 0 Å². The Balaban J connectivity index is 2.07. The predicted octanol–water partition coefficient (Wildman–Crippen LogP) is 2.60. The Hall–Kier alpha value is -1.32. The van der Waals surface area contributed by atoms with Gasteiger partial charge in [-0.15, -0.1) is 0 Å². The first kappa shape index (κ1) is 13.1. The second-order valence-electron chi connectivity index (χ2n) is 4.72. The normalized spacial score (nSPS) is 13.0. The van der Waals surface area contributed by atoms with Gasteiger partial charge in [-0.3, -0.25) is 0 Å². The minimum atomic E-state index is 0.617. The summed E-state index contributed by atoms with van der Waals surface area (Å²) in [6.07, 6.45) is 4.51. The molecule has 0 fully saturated rings. The number of nitrogens with one attached hydrogen (secondary N) is 2. The van der Waals surface area contributed by atoms with Gasteiger partial charge in [0.1, 0.15) is 0 Å². The van der Waals surface area contributed by atoms with Gasteiger partial charge in [0.05, 0.1) is 0 Å². The van der Waals surface area contributed by atoms with E-state index in [1.54, 1.807) is 0 Å². The highest BCUT2D eigenvalue weighted by atomic mass is 14.9. The largest absolute Gasteiger partial charge is 0.361 e. The van der Waals surface area contributed by atoms with Gasteiger partial charge in [0.2, 0.25) is 0 Å². The van der Waals surface area contributed by atoms with Gasteiger partial charge in [0.25, 0.3) is 0 Å². The molecule has 0 aliphatic carbocycles. The predicted molar refractivity (Wildman–Crippen MR) is 77.9 cm³/mol. The number of hydrogen-bond donors (Lipinski definition) is 3. The third-order valence-electron chi connectivity index (χ3n) is 3.54. The van der Waals surface area contributed by atoms with Crippen LogP contribution >= 0.6 is 0 Å². The molecule has 0 saturated heterocycles. The number of para-hydroxylation sites is 1. The van der Waals surface area contributed by atoms with Crippen LogP contribution in [-0.4, -0.2) is 24.6 Å². The number of aromatic nitrogens is 1. The maximum absolute atomic E-state index is 5.48. The number of hydrogen-bond acceptors (Lipinski definition) is 2. The number of fused-ring (bicyclic) bond motifs is 1. The van der Waals surface area contributed by atoms with E-state index in [2.05, 4.69) is 47.7 Å². The lowest BCUT2D eigenvalue weighted by Crippen LogP contribution is -2.24. The summed E-state index contributed by atoms with van der Waals surface area (Å²) in [6.45, 7) is 4.92. The monoisotopic (exact) mass is 245 g/mol. The quantitative estimate of drug-likeness (QED) is 0.657. The van der Waals surface area contributed by atoms with Crippen LogP contribution in [-0.2, 0) is 0 Å². The Morgan fingerprint density at radius 1 is 1.28 bits per heavy atom. The van der Waals surface area contributed by atoms with E-state index in [1.165, 1.54) is 29.3 Å². The summed E-state index contributed by atoms with van der Waals surface area (Å²) in [5.41, 5.74) is 8.16. The summed E-state index contributed by atoms with van der Waals surface area (Å²) in [7, 11) is 0. The molecular weight excluding hydrogens is 222 g/mol. The zero-order valence-electron chi connectivity index (χ0n) is 11.1. The summed E-state index contributed by atoms with van der Waals surface area (Å²) in [6, 6.07) is 8.53. The van der Waals surface area contributed by atoms with Crippen molar-refractivity contribution >= 4 is 10.9 Å². The van der Waals surface area contributed by atoms with Crippen molar-refractivity contribution in [3.63, 3.8) is 0 Å². The molecule has 0 aliphatic rings. The van der Waals surface area contributed by atoms with E-state index in [4.69, 9.17) is 5.73 Å². The van der Waals surface area contributed by atoms with Gasteiger partial charge in [0, 0.05) is 30.2 Å². The summed E-state index contributed by atoms with van der Waals surface area (Å²) in [5.74, 6) is 0.617. The topological polar surface area (TPSA) is 53.8 Å². The molecule has 0 saturated carbocycles. The molecule has 0 bridgehead atoms. The summed E-state index contributed by atoms with van der Waals surface area (Å²) < 4.78 is 0. The Morgan fingerprint density at radius 2 is 2.11 bits per heavy atom. The van der Waals surface area contributed by atoms with E-state index >= 15 is 0 Å². The Morgan fingerprint density at radius 3 is 2.89 bits per heavy atom. The van der Waals surface area contributed by atoms with Crippen LogP contribution in [0.2, 0.25) is 0 Å². The number of nitrogens with two attached hydrogens (primary N) is 1. The Labute approximate surface area is 109 Å². The van der Waals surface area contributed by atoms with Crippen molar-refractivity contribution in [3.05, 3.63) is 36.0 Å². The molecule has 98 valence electrons. The average molecular weight is 245 g/mol. The molecule has 1 aromatic heterocycles. The molecule has 2 aromatic rings. The first-order valence-corrected chi connectivity index (χ1v) is 6.83. The summed E-state index contributed by atoms with van der Waals surface area (Å²) in [5, 5.41) is 4.74. The molecular formula is C15H23N3. The number of H-pyrrole nitrogens is 1. The van der Waals surface area contributed by atoms with Crippen molar-refractivity contribution in [2.24, 2.45) is 5.73 Å². The molecule has 3 nitrogen and oxygen atoms in total. The second kappa shape index (κ2) is 6.57. The van der Waals surface area contributed by atoms with Crippen molar-refractivity contribution in [1.29, 1.82) is 0 Å². The van der Waals surface area contributed by atoms with Crippen LogP contribution in [0.3, 0.4) is 0 Å². The molecule has 0 amide bonds. The molecule has 4 N–H and O–H groups in total. The lowest BCUT2D eigenvalue weighted by molar-refractivity contribution is 0.561. The number of aromatic amines is 1. The van der Waals surface area contributed by atoms with Crippen LogP contribution in [0.25, 0.3) is 10.9 Å². The zero-order chi connectivity index (χ0) is 12.8. The van der Waals surface area contributed by atoms with Crippen LogP contribution in [0, 0.1) is 0 Å². The van der Waals surface area contributed by atoms with E-state index < -0.39 is 0 Å². The van der Waals surface area contributed by atoms with Crippen LogP contribution in [0.1, 0.15) is 31.2 Å². The van der Waals surface area contributed by atoms with E-state index in [9.17, 15) is 0 Å². The van der Waals surface area contributed by atoms with Gasteiger partial charge in [-0.05, 0) is 36.9 Å². The van der Waals surface area contributed by atoms with Crippen molar-refractivity contribution in [1.82, 2.24) is 10.3 Å². The maximum Gasteiger partial charge on any atom is 0.0456 e. The number of benzene rings is 1. The molecule has 0 spiro atoms. The fourth-order valence-corrected chi connectivity index (χ4v) is 2.51. The molecule has 0 aliphatic heterocycles. The van der Waals surface area contributed by atoms with Gasteiger partial charge in [-0.25, -0.2) is 0 Å². The average Bonchev–Trinajstić information content (AvgIpc) is 2.83. The third-order valence-corrected chi connectivity index (χ3v) is 3.54. The molecule has 18 heavy (non-hydrogen) atoms. The first-order chi connectivity index (χ1) is 8.86. The highest BCUT2D eigenvalue weighted by molar-refractivity contribution is 5.83. The van der Waals surface area contributed by atoms with Crippen LogP contribution in [0.15, 0.2) is 30.5 Å². The Kier molecular flexibility index (Phi) is 4.79. The molecule has 3 heteroatoms. The fraction of sp³-hybridized carbons (Fsp3) is 0.467. The molecule has 1 aromatic carbocycles. The molecule has 0 radical (unpaired) electrons. The van der Waals surface area contributed by atoms with E-state index in [0.29, 0.717) is 12.5 Å². The van der Waals surface area contributed by atoms with E-state index in [1.807, 2.05) is 0 Å². The molecule has 1 atom stereocenters. The SMILES string of the molecule is CCC(CCNCCN)c1c[nH]c2ccccc12. The number of rotatable bonds is 7. The highest BCUT2D eigenvalue weighted by Gasteiger charge is 2.13. The fourth-order valence-electron chi connectivity index (χ4n) is 2.51. The molecule has 2 rings (SSSR count). The summed E-state index contributed by atoms with van der Waals surface area (Å²) >= 11 is 0. The minimum absolute atomic E-state index is 0.617. The standard InChI is InChI=1S/C15H23N3/c1-2-12(7-9-17-10-8-16)14-11-18-15-6-4-3-5-13(14)15/h3-6,11-12,17-18H,2,7-10,16H2,1H3. The van der Waals surface area contributed by atoms with Crippen LogP contribution < -0.4 is 11.1 Å². The van der Waals surface area contributed by atoms with Gasteiger partial charge in [0.15, 0.2) is 0 Å². The first-order valence-electron chi connectivity index (χ1n) is 6.83. The smallest absolute Gasteiger partial charge is 0.0456 e. The van der Waals surface area contributed by atoms with Gasteiger partial charge in [-0.2, -0.15) is 0 Å². The Bertz CT molecular complexity index is 475. The second-order valence-corrected chi connectivity index (χ2v) is 4.72. The molecule has 1 unspecified atom stereocenters. The minimum Gasteiger partial charge on any atom is -0.361 e. The van der Waals surface area contributed by atoms with E-state index in [0.717, 1.165) is 13.1 Å². The van der Waals surface area contributed by atoms with Crippen LogP contribution in [0.5, 0.6) is 0 Å².